The number of allylic oxidation sites excluding steroid dienone is 1. The van der Waals surface area contributed by atoms with Gasteiger partial charge in [0.2, 0.25) is 0 Å². The smallest absolute Gasteiger partial charge is 0.165 e. The summed E-state index contributed by atoms with van der Waals surface area (Å²) in [5, 5.41) is 4.59. The van der Waals surface area contributed by atoms with Crippen molar-refractivity contribution < 1.29 is 4.42 Å². The Hall–Kier alpha value is -5.91. The van der Waals surface area contributed by atoms with Crippen molar-refractivity contribution in [1.29, 1.82) is 0 Å². The number of hydrogen-bond donors (Lipinski definition) is 0. The van der Waals surface area contributed by atoms with Gasteiger partial charge in [0, 0.05) is 53.6 Å². The molecule has 1 aliphatic rings. The van der Waals surface area contributed by atoms with E-state index in [-0.39, 0.29) is 5.92 Å². The molecule has 6 aromatic carbocycles. The Labute approximate surface area is 280 Å². The van der Waals surface area contributed by atoms with Crippen molar-refractivity contribution in [2.75, 3.05) is 0 Å². The fourth-order valence-electron chi connectivity index (χ4n) is 7.20. The predicted octanol–water partition coefficient (Wildman–Crippen LogP) is 11.5. The van der Waals surface area contributed by atoms with Crippen molar-refractivity contribution in [3.05, 3.63) is 156 Å². The number of fused-ring (bicyclic) bond motifs is 7. The Morgan fingerprint density at radius 2 is 1.35 bits per heavy atom. The molecule has 0 amide bonds. The van der Waals surface area contributed by atoms with Gasteiger partial charge >= 0.3 is 0 Å². The first-order chi connectivity index (χ1) is 23.8. The van der Waals surface area contributed by atoms with E-state index in [0.29, 0.717) is 11.6 Å². The summed E-state index contributed by atoms with van der Waals surface area (Å²) in [5.41, 5.74) is 8.36. The van der Waals surface area contributed by atoms with E-state index in [1.54, 1.807) is 0 Å². The van der Waals surface area contributed by atoms with Crippen molar-refractivity contribution in [2.45, 2.75) is 12.3 Å². The van der Waals surface area contributed by atoms with E-state index in [0.717, 1.165) is 56.4 Å². The summed E-state index contributed by atoms with van der Waals surface area (Å²) in [4.78, 5) is 15.8. The second kappa shape index (κ2) is 10.8. The zero-order valence-electron chi connectivity index (χ0n) is 25.8. The summed E-state index contributed by atoms with van der Waals surface area (Å²) in [7, 11) is 0. The van der Waals surface area contributed by atoms with Gasteiger partial charge in [-0.1, -0.05) is 121 Å². The molecule has 5 heteroatoms. The van der Waals surface area contributed by atoms with Gasteiger partial charge in [-0.05, 0) is 47.4 Å². The molecule has 1 aliphatic carbocycles. The first kappa shape index (κ1) is 27.2. The number of hydrogen-bond acceptors (Lipinski definition) is 5. The van der Waals surface area contributed by atoms with Crippen LogP contribution in [0.5, 0.6) is 0 Å². The van der Waals surface area contributed by atoms with Gasteiger partial charge in [0.05, 0.1) is 0 Å². The summed E-state index contributed by atoms with van der Waals surface area (Å²) < 4.78 is 8.98. The molecule has 0 aliphatic heterocycles. The van der Waals surface area contributed by atoms with Crippen LogP contribution in [0.1, 0.15) is 22.9 Å². The van der Waals surface area contributed by atoms with E-state index in [9.17, 15) is 0 Å². The van der Waals surface area contributed by atoms with Crippen molar-refractivity contribution in [2.24, 2.45) is 0 Å². The molecule has 3 aromatic heterocycles. The highest BCUT2D eigenvalue weighted by Gasteiger charge is 2.25. The van der Waals surface area contributed by atoms with Gasteiger partial charge in [-0.25, -0.2) is 15.0 Å². The quantitative estimate of drug-likeness (QED) is 0.193. The Morgan fingerprint density at radius 1 is 0.583 bits per heavy atom. The molecule has 1 atom stereocenters. The van der Waals surface area contributed by atoms with Crippen LogP contribution in [0.4, 0.5) is 0 Å². The number of aromatic nitrogens is 3. The largest absolute Gasteiger partial charge is 0.456 e. The Morgan fingerprint density at radius 3 is 2.29 bits per heavy atom. The lowest BCUT2D eigenvalue weighted by Crippen LogP contribution is -2.12. The van der Waals surface area contributed by atoms with E-state index in [1.807, 2.05) is 41.7 Å². The van der Waals surface area contributed by atoms with E-state index in [4.69, 9.17) is 19.4 Å². The molecule has 0 radical (unpaired) electrons. The van der Waals surface area contributed by atoms with E-state index >= 15 is 0 Å². The minimum absolute atomic E-state index is 0.0129. The highest BCUT2D eigenvalue weighted by atomic mass is 32.1. The molecule has 0 bridgehead atoms. The van der Waals surface area contributed by atoms with Crippen LogP contribution >= 0.6 is 11.3 Å². The maximum absolute atomic E-state index is 6.46. The standard InChI is InChI=1S/C43H27N3OS/c1-2-12-27(13-3-1)41-44-42(29-22-21-26-11-4-5-14-28(26)25-29)46-43(45-41)39-31(23-24-36-38(39)34-16-6-8-19-35(34)47-36)33-18-10-17-32-30-15-7-9-20-37(30)48-40(32)33/h1-24,29H,25H2. The second-order valence-electron chi connectivity index (χ2n) is 12.3. The van der Waals surface area contributed by atoms with Crippen LogP contribution in [0.2, 0.25) is 0 Å². The van der Waals surface area contributed by atoms with Gasteiger partial charge in [-0.2, -0.15) is 0 Å². The van der Waals surface area contributed by atoms with Crippen molar-refractivity contribution in [3.8, 4) is 33.9 Å². The van der Waals surface area contributed by atoms with Crippen LogP contribution < -0.4 is 0 Å². The van der Waals surface area contributed by atoms with Gasteiger partial charge in [0.25, 0.3) is 0 Å². The second-order valence-corrected chi connectivity index (χ2v) is 13.4. The van der Waals surface area contributed by atoms with E-state index < -0.39 is 0 Å². The van der Waals surface area contributed by atoms with Crippen LogP contribution in [0.25, 0.3) is 82.1 Å². The molecular formula is C43H27N3OS. The summed E-state index contributed by atoms with van der Waals surface area (Å²) in [6.45, 7) is 0. The number of benzene rings is 6. The monoisotopic (exact) mass is 633 g/mol. The number of para-hydroxylation sites is 1. The Kier molecular flexibility index (Phi) is 6.14. The normalized spacial score (nSPS) is 14.3. The Balaban J connectivity index is 1.29. The minimum Gasteiger partial charge on any atom is -0.456 e. The van der Waals surface area contributed by atoms with Crippen LogP contribution in [0, 0.1) is 0 Å². The zero-order valence-corrected chi connectivity index (χ0v) is 26.6. The summed E-state index contributed by atoms with van der Waals surface area (Å²) in [6.07, 6.45) is 5.27. The molecule has 0 fully saturated rings. The van der Waals surface area contributed by atoms with Crippen LogP contribution in [0.15, 0.2) is 144 Å². The molecule has 0 saturated carbocycles. The number of rotatable bonds is 4. The number of thiophene rings is 1. The van der Waals surface area contributed by atoms with Gasteiger partial charge in [0.1, 0.15) is 17.0 Å². The molecule has 0 spiro atoms. The van der Waals surface area contributed by atoms with Crippen LogP contribution in [-0.4, -0.2) is 15.0 Å². The van der Waals surface area contributed by atoms with Crippen LogP contribution in [-0.2, 0) is 6.42 Å². The average Bonchev–Trinajstić information content (AvgIpc) is 3.73. The van der Waals surface area contributed by atoms with Gasteiger partial charge < -0.3 is 4.42 Å². The van der Waals surface area contributed by atoms with Crippen molar-refractivity contribution in [3.63, 3.8) is 0 Å². The number of nitrogens with zero attached hydrogens (tertiary/aromatic N) is 3. The van der Waals surface area contributed by atoms with Gasteiger partial charge in [-0.15, -0.1) is 11.3 Å². The van der Waals surface area contributed by atoms with Gasteiger partial charge in [-0.3, -0.25) is 0 Å². The lowest BCUT2D eigenvalue weighted by molar-refractivity contribution is 0.669. The lowest BCUT2D eigenvalue weighted by Gasteiger charge is -2.20. The third-order valence-electron chi connectivity index (χ3n) is 9.48. The zero-order chi connectivity index (χ0) is 31.6. The third-order valence-corrected chi connectivity index (χ3v) is 10.7. The minimum atomic E-state index is 0.0129. The molecule has 3 heterocycles. The van der Waals surface area contributed by atoms with E-state index in [1.165, 1.54) is 31.3 Å². The third kappa shape index (κ3) is 4.32. The SMILES string of the molecule is C1=CC(c2nc(-c3ccccc3)nc(-c3c(-c4cccc5c4sc4ccccc45)ccc4oc5ccccc5c34)n2)Cc2ccccc21. The molecule has 9 aromatic rings. The fraction of sp³-hybridized carbons (Fsp3) is 0.0465. The Bertz CT molecular complexity index is 2720. The predicted molar refractivity (Wildman–Crippen MR) is 198 cm³/mol. The first-order valence-electron chi connectivity index (χ1n) is 16.2. The lowest BCUT2D eigenvalue weighted by atomic mass is 9.89. The molecule has 4 nitrogen and oxygen atoms in total. The summed E-state index contributed by atoms with van der Waals surface area (Å²) >= 11 is 1.83. The molecule has 1 unspecified atom stereocenters. The molecule has 10 rings (SSSR count). The van der Waals surface area contributed by atoms with E-state index in [2.05, 4.69) is 115 Å². The maximum atomic E-state index is 6.46. The summed E-state index contributed by atoms with van der Waals surface area (Å²) in [5.74, 6) is 2.09. The van der Waals surface area contributed by atoms with Crippen LogP contribution in [0.3, 0.4) is 0 Å². The molecule has 226 valence electrons. The highest BCUT2D eigenvalue weighted by molar-refractivity contribution is 7.26. The van der Waals surface area contributed by atoms with Crippen molar-refractivity contribution >= 4 is 59.5 Å². The highest BCUT2D eigenvalue weighted by Crippen LogP contribution is 2.46. The van der Waals surface area contributed by atoms with Gasteiger partial charge in [0.15, 0.2) is 11.6 Å². The molecule has 48 heavy (non-hydrogen) atoms. The topological polar surface area (TPSA) is 51.8 Å². The summed E-state index contributed by atoms with van der Waals surface area (Å²) in [6, 6.07) is 46.6. The first-order valence-corrected chi connectivity index (χ1v) is 17.0. The molecular weight excluding hydrogens is 607 g/mol. The maximum Gasteiger partial charge on any atom is 0.165 e. The average molecular weight is 634 g/mol. The molecule has 0 saturated heterocycles. The van der Waals surface area contributed by atoms with Crippen molar-refractivity contribution in [1.82, 2.24) is 15.0 Å². The number of furan rings is 1. The molecule has 0 N–H and O–H groups in total. The fourth-order valence-corrected chi connectivity index (χ4v) is 8.43.